The Bertz CT molecular complexity index is 1240. The predicted octanol–water partition coefficient (Wildman–Crippen LogP) is 5.71. The van der Waals surface area contributed by atoms with E-state index in [4.69, 9.17) is 4.74 Å². The van der Waals surface area contributed by atoms with Crippen molar-refractivity contribution < 1.29 is 17.9 Å². The maximum atomic E-state index is 13.5. The minimum Gasteiger partial charge on any atom is -0.483 e. The highest BCUT2D eigenvalue weighted by molar-refractivity contribution is 7.93. The van der Waals surface area contributed by atoms with Gasteiger partial charge in [-0.15, -0.1) is 0 Å². The van der Waals surface area contributed by atoms with E-state index in [9.17, 15) is 13.2 Å². The highest BCUT2D eigenvalue weighted by Gasteiger charge is 2.31. The quantitative estimate of drug-likeness (QED) is 0.468. The second kappa shape index (κ2) is 9.40. The molecular weight excluding hydrogens is 434 g/mol. The van der Waals surface area contributed by atoms with Gasteiger partial charge in [0.25, 0.3) is 15.9 Å². The zero-order valence-electron chi connectivity index (χ0n) is 20.0. The number of nitrogens with zero attached hydrogens (tertiary/aromatic N) is 1. The molecular formula is C27H31NO4S. The fourth-order valence-electron chi connectivity index (χ4n) is 3.47. The average molecular weight is 466 g/mol. The number of sulfonamides is 1. The Labute approximate surface area is 197 Å². The van der Waals surface area contributed by atoms with E-state index in [-0.39, 0.29) is 16.0 Å². The topological polar surface area (TPSA) is 63.7 Å². The van der Waals surface area contributed by atoms with Crippen molar-refractivity contribution in [1.29, 1.82) is 0 Å². The molecule has 3 rings (SSSR count). The molecule has 0 saturated carbocycles. The van der Waals surface area contributed by atoms with Crippen LogP contribution in [0, 0.1) is 20.8 Å². The van der Waals surface area contributed by atoms with Crippen molar-refractivity contribution in [3.8, 4) is 5.75 Å². The molecule has 0 aromatic heterocycles. The van der Waals surface area contributed by atoms with Gasteiger partial charge < -0.3 is 4.74 Å². The monoisotopic (exact) mass is 465 g/mol. The van der Waals surface area contributed by atoms with Crippen LogP contribution in [0.15, 0.2) is 71.6 Å². The van der Waals surface area contributed by atoms with Gasteiger partial charge in [-0.2, -0.15) is 4.31 Å². The number of aryl methyl sites for hydroxylation is 3. The smallest absolute Gasteiger partial charge is 0.278 e. The number of hydrogen-bond acceptors (Lipinski definition) is 4. The number of hydrogen-bond donors (Lipinski definition) is 0. The second-order valence-electron chi connectivity index (χ2n) is 9.35. The van der Waals surface area contributed by atoms with E-state index in [1.807, 2.05) is 39.0 Å². The standard InChI is InChI=1S/C27H31NO4S/c1-19-7-12-22(13-8-19)28(33(30,31)23-14-9-20(2)10-15-23)26(29)18-32-25-16-11-21(3)17-24(25)27(4,5)6/h7-17H,18H2,1-6H3. The Morgan fingerprint density at radius 1 is 0.818 bits per heavy atom. The summed E-state index contributed by atoms with van der Waals surface area (Å²) in [5.74, 6) is -0.0992. The lowest BCUT2D eigenvalue weighted by atomic mass is 9.85. The van der Waals surface area contributed by atoms with Crippen LogP contribution in [-0.4, -0.2) is 20.9 Å². The Morgan fingerprint density at radius 3 is 1.88 bits per heavy atom. The lowest BCUT2D eigenvalue weighted by Gasteiger charge is -2.25. The van der Waals surface area contributed by atoms with Gasteiger partial charge in [0.15, 0.2) is 6.61 Å². The van der Waals surface area contributed by atoms with Gasteiger partial charge in [0.2, 0.25) is 0 Å². The molecule has 33 heavy (non-hydrogen) atoms. The third kappa shape index (κ3) is 5.63. The first kappa shape index (κ1) is 24.5. The maximum Gasteiger partial charge on any atom is 0.278 e. The van der Waals surface area contributed by atoms with E-state index in [1.165, 1.54) is 12.1 Å². The summed E-state index contributed by atoms with van der Waals surface area (Å²) in [6.07, 6.45) is 0. The molecule has 0 saturated heterocycles. The van der Waals surface area contributed by atoms with Gasteiger partial charge in [0.05, 0.1) is 10.6 Å². The molecule has 1 amide bonds. The van der Waals surface area contributed by atoms with E-state index in [0.717, 1.165) is 26.6 Å². The Balaban J connectivity index is 1.98. The summed E-state index contributed by atoms with van der Waals surface area (Å²) in [6, 6.07) is 19.0. The van der Waals surface area contributed by atoms with Crippen molar-refractivity contribution in [3.05, 3.63) is 89.0 Å². The molecule has 0 aliphatic rings. The third-order valence-corrected chi connectivity index (χ3v) is 7.11. The van der Waals surface area contributed by atoms with Crippen LogP contribution < -0.4 is 9.04 Å². The summed E-state index contributed by atoms with van der Waals surface area (Å²) in [5, 5.41) is 0. The van der Waals surface area contributed by atoms with Gasteiger partial charge in [-0.3, -0.25) is 4.79 Å². The Morgan fingerprint density at radius 2 is 1.33 bits per heavy atom. The largest absolute Gasteiger partial charge is 0.483 e. The Hall–Kier alpha value is -3.12. The van der Waals surface area contributed by atoms with E-state index in [0.29, 0.717) is 5.75 Å². The third-order valence-electron chi connectivity index (χ3n) is 5.35. The first-order valence-corrected chi connectivity index (χ1v) is 12.3. The van der Waals surface area contributed by atoms with Crippen LogP contribution in [0.4, 0.5) is 5.69 Å². The molecule has 174 valence electrons. The number of amides is 1. The van der Waals surface area contributed by atoms with Crippen molar-refractivity contribution in [1.82, 2.24) is 0 Å². The molecule has 6 heteroatoms. The highest BCUT2D eigenvalue weighted by Crippen LogP contribution is 2.32. The van der Waals surface area contributed by atoms with Gasteiger partial charge >= 0.3 is 0 Å². The molecule has 0 unspecified atom stereocenters. The zero-order valence-corrected chi connectivity index (χ0v) is 20.9. The molecule has 3 aromatic rings. The lowest BCUT2D eigenvalue weighted by Crippen LogP contribution is -2.40. The van der Waals surface area contributed by atoms with Gasteiger partial charge in [-0.25, -0.2) is 8.42 Å². The van der Waals surface area contributed by atoms with Crippen LogP contribution >= 0.6 is 0 Å². The van der Waals surface area contributed by atoms with Crippen LogP contribution in [0.5, 0.6) is 5.75 Å². The number of ether oxygens (including phenoxy) is 1. The first-order valence-electron chi connectivity index (χ1n) is 10.8. The molecule has 0 aliphatic carbocycles. The minimum atomic E-state index is -4.13. The van der Waals surface area contributed by atoms with Crippen molar-refractivity contribution in [3.63, 3.8) is 0 Å². The molecule has 0 bridgehead atoms. The van der Waals surface area contributed by atoms with E-state index in [1.54, 1.807) is 36.4 Å². The van der Waals surface area contributed by atoms with Crippen LogP contribution in [0.1, 0.15) is 43.0 Å². The highest BCUT2D eigenvalue weighted by atomic mass is 32.2. The molecule has 0 spiro atoms. The second-order valence-corrected chi connectivity index (χ2v) is 11.1. The van der Waals surface area contributed by atoms with E-state index < -0.39 is 22.5 Å². The van der Waals surface area contributed by atoms with Crippen LogP contribution in [0.3, 0.4) is 0 Å². The minimum absolute atomic E-state index is 0.0488. The van der Waals surface area contributed by atoms with Gasteiger partial charge in [-0.05, 0) is 62.1 Å². The molecule has 5 nitrogen and oxygen atoms in total. The van der Waals surface area contributed by atoms with Crippen molar-refractivity contribution in [2.75, 3.05) is 10.9 Å². The van der Waals surface area contributed by atoms with E-state index >= 15 is 0 Å². The molecule has 0 aliphatic heterocycles. The summed E-state index contributed by atoms with van der Waals surface area (Å²) < 4.78 is 33.7. The summed E-state index contributed by atoms with van der Waals surface area (Å²) in [4.78, 5) is 13.4. The molecule has 0 atom stereocenters. The van der Waals surface area contributed by atoms with Gasteiger partial charge in [0, 0.05) is 0 Å². The lowest BCUT2D eigenvalue weighted by molar-refractivity contribution is -0.119. The number of carbonyl (C=O) groups is 1. The van der Waals surface area contributed by atoms with Crippen molar-refractivity contribution in [2.45, 2.75) is 51.9 Å². The summed E-state index contributed by atoms with van der Waals surface area (Å²) in [7, 11) is -4.13. The van der Waals surface area contributed by atoms with Crippen molar-refractivity contribution in [2.24, 2.45) is 0 Å². The molecule has 0 radical (unpaired) electrons. The normalized spacial score (nSPS) is 11.8. The van der Waals surface area contributed by atoms with E-state index in [2.05, 4.69) is 20.8 Å². The van der Waals surface area contributed by atoms with Gasteiger partial charge in [0.1, 0.15) is 5.75 Å². The van der Waals surface area contributed by atoms with Crippen LogP contribution in [0.2, 0.25) is 0 Å². The van der Waals surface area contributed by atoms with Crippen LogP contribution in [-0.2, 0) is 20.2 Å². The number of carbonyl (C=O) groups excluding carboxylic acids is 1. The summed E-state index contributed by atoms with van der Waals surface area (Å²) >= 11 is 0. The first-order chi connectivity index (χ1) is 15.4. The van der Waals surface area contributed by atoms with Crippen molar-refractivity contribution >= 4 is 21.6 Å². The molecule has 0 N–H and O–H groups in total. The molecule has 0 heterocycles. The maximum absolute atomic E-state index is 13.5. The zero-order chi connectivity index (χ0) is 24.4. The fraction of sp³-hybridized carbons (Fsp3) is 0.296. The Kier molecular flexibility index (Phi) is 6.98. The average Bonchev–Trinajstić information content (AvgIpc) is 2.74. The van der Waals surface area contributed by atoms with Crippen LogP contribution in [0.25, 0.3) is 0 Å². The summed E-state index contributed by atoms with van der Waals surface area (Å²) in [5.41, 5.74) is 4.01. The SMILES string of the molecule is Cc1ccc(N(C(=O)COc2ccc(C)cc2C(C)(C)C)S(=O)(=O)c2ccc(C)cc2)cc1. The summed E-state index contributed by atoms with van der Waals surface area (Å²) in [6.45, 7) is 11.6. The number of rotatable bonds is 6. The molecule has 3 aromatic carbocycles. The number of benzene rings is 3. The molecule has 0 fully saturated rings. The number of anilines is 1. The predicted molar refractivity (Wildman–Crippen MR) is 132 cm³/mol. The van der Waals surface area contributed by atoms with Gasteiger partial charge in [-0.1, -0.05) is 73.9 Å². The fourth-order valence-corrected chi connectivity index (χ4v) is 4.88.